The Balaban J connectivity index is -0.000000227. The highest BCUT2D eigenvalue weighted by Crippen LogP contribution is 2.55. The lowest BCUT2D eigenvalue weighted by molar-refractivity contribution is 0.221. The van der Waals surface area contributed by atoms with Crippen molar-refractivity contribution in [1.29, 1.82) is 0 Å². The minimum atomic E-state index is -5.05. The van der Waals surface area contributed by atoms with Gasteiger partial charge in [-0.2, -0.15) is 17.2 Å². The number of rotatable bonds is 8. The van der Waals surface area contributed by atoms with Gasteiger partial charge in [0.05, 0.1) is 0 Å². The van der Waals surface area contributed by atoms with E-state index in [2.05, 4.69) is 55.4 Å². The third-order valence-electron chi connectivity index (χ3n) is 2.28. The van der Waals surface area contributed by atoms with Crippen LogP contribution in [0.25, 0.3) is 0 Å². The van der Waals surface area contributed by atoms with E-state index in [1.54, 1.807) is 0 Å². The first kappa shape index (κ1) is 51.1. The van der Waals surface area contributed by atoms with Crippen LogP contribution in [0.2, 0.25) is 0 Å². The van der Waals surface area contributed by atoms with Crippen LogP contribution in [0.5, 0.6) is 0 Å². The van der Waals surface area contributed by atoms with Crippen molar-refractivity contribution < 1.29 is 132 Å². The molecule has 28 nitrogen and oxygen atoms in total. The summed E-state index contributed by atoms with van der Waals surface area (Å²) in [5, 5.41) is 0. The van der Waals surface area contributed by atoms with Crippen molar-refractivity contribution in [1.82, 2.24) is 0 Å². The average molecular weight is 818 g/mol. The molecule has 0 spiro atoms. The number of hydrogen-bond donors (Lipinski definition) is 16. The zero-order chi connectivity index (χ0) is 36.8. The number of hydrogen-bond acceptors (Lipinski definition) is 12. The van der Waals surface area contributed by atoms with Crippen molar-refractivity contribution in [2.75, 3.05) is 0 Å². The van der Waals surface area contributed by atoms with Gasteiger partial charge in [-0.05, 0) is 25.0 Å². The van der Waals surface area contributed by atoms with Crippen molar-refractivity contribution in [3.63, 3.8) is 0 Å². The summed E-state index contributed by atoms with van der Waals surface area (Å²) in [5.74, 6) is 0. The predicted octanol–water partition coefficient (Wildman–Crippen LogP) is -0.943. The fraction of sp³-hybridized carbons (Fsp3) is 0.250. The van der Waals surface area contributed by atoms with E-state index >= 15 is 0 Å². The van der Waals surface area contributed by atoms with Crippen LogP contribution in [0.1, 0.15) is 11.1 Å². The Morgan fingerprint density at radius 2 is 0.455 bits per heavy atom. The van der Waals surface area contributed by atoms with Crippen LogP contribution in [0.4, 0.5) is 0 Å². The molecule has 0 radical (unpaired) electrons. The molecule has 0 saturated carbocycles. The minimum absolute atomic E-state index is 1.37. The number of aryl methyl sites for hydroxylation is 2. The van der Waals surface area contributed by atoms with Gasteiger partial charge in [0.1, 0.15) is 0 Å². The zero-order valence-electron chi connectivity index (χ0n) is 20.9. The van der Waals surface area contributed by atoms with E-state index in [1.165, 1.54) is 11.1 Å². The maximum absolute atomic E-state index is 9.63. The van der Waals surface area contributed by atoms with E-state index in [1.807, 2.05) is 0 Å². The Bertz CT molecular complexity index is 1100. The molecule has 36 heteroatoms. The van der Waals surface area contributed by atoms with Crippen LogP contribution in [-0.2, 0) is 53.8 Å². The molecule has 16 N–H and O–H groups in total. The number of phosphoric acid groups is 8. The molecule has 0 aliphatic rings. The predicted molar refractivity (Wildman–Crippen MR) is 137 cm³/mol. The monoisotopic (exact) mass is 818 g/mol. The quantitative estimate of drug-likeness (QED) is 0.141. The smallest absolute Gasteiger partial charge is 0.302 e. The Morgan fingerprint density at radius 1 is 0.341 bits per heavy atom. The second-order valence-corrected chi connectivity index (χ2v) is 16.8. The molecule has 0 bridgehead atoms. The van der Waals surface area contributed by atoms with Gasteiger partial charge in [-0.15, -0.1) is 0 Å². The molecule has 0 saturated heterocycles. The summed E-state index contributed by atoms with van der Waals surface area (Å²) >= 11 is 0. The highest BCUT2D eigenvalue weighted by Gasteiger charge is 2.30. The van der Waals surface area contributed by atoms with Crippen LogP contribution < -0.4 is 0 Å². The highest BCUT2D eigenvalue weighted by molar-refractivity contribution is 7.61. The molecule has 266 valence electrons. The van der Waals surface area contributed by atoms with Gasteiger partial charge in [0.25, 0.3) is 0 Å². The molecule has 0 aromatic heterocycles. The SMILES string of the molecule is Cc1ccccc1C.O=P(O)(O)OP(=O)(O)O.O=P(O)(O)OP(=O)(O)O.O=P(O)(O)OP(=O)(O)O.O=P(O)(O)OP(=O)(O)O. The molecule has 0 heterocycles. The molecule has 0 amide bonds. The lowest BCUT2D eigenvalue weighted by Gasteiger charge is -2.03. The lowest BCUT2D eigenvalue weighted by atomic mass is 10.1. The van der Waals surface area contributed by atoms with Gasteiger partial charge in [-0.25, -0.2) is 36.5 Å². The molecule has 0 aliphatic carbocycles. The maximum Gasteiger partial charge on any atom is 0.478 e. The summed E-state index contributed by atoms with van der Waals surface area (Å²) in [6.07, 6.45) is 0. The second-order valence-electron chi connectivity index (χ2n) is 6.34. The van der Waals surface area contributed by atoms with E-state index in [0.717, 1.165) is 0 Å². The summed E-state index contributed by atoms with van der Waals surface area (Å²) < 4.78 is 88.8. The van der Waals surface area contributed by atoms with E-state index in [4.69, 9.17) is 78.3 Å². The van der Waals surface area contributed by atoms with Gasteiger partial charge in [-0.1, -0.05) is 24.3 Å². The highest BCUT2D eigenvalue weighted by atomic mass is 31.3. The first-order chi connectivity index (χ1) is 18.6. The second kappa shape index (κ2) is 19.9. The molecule has 0 aliphatic heterocycles. The Kier molecular flexibility index (Phi) is 23.1. The zero-order valence-corrected chi connectivity index (χ0v) is 28.1. The molecule has 0 fully saturated rings. The van der Waals surface area contributed by atoms with E-state index in [0.29, 0.717) is 0 Å². The van der Waals surface area contributed by atoms with Gasteiger partial charge < -0.3 is 78.3 Å². The maximum atomic E-state index is 9.63. The molecular formula is C8H26O28P8. The average Bonchev–Trinajstić information content (AvgIpc) is 2.53. The molecule has 1 aromatic carbocycles. The normalized spacial score (nSPS) is 13.0. The van der Waals surface area contributed by atoms with Crippen LogP contribution in [0, 0.1) is 13.8 Å². The van der Waals surface area contributed by atoms with Crippen LogP contribution in [0.15, 0.2) is 24.3 Å². The molecule has 44 heavy (non-hydrogen) atoms. The largest absolute Gasteiger partial charge is 0.478 e. The molecule has 1 aromatic rings. The van der Waals surface area contributed by atoms with Gasteiger partial charge in [-0.3, -0.25) is 0 Å². The standard InChI is InChI=1S/C8H10.4H4O7P2/c1-7-5-3-4-6-8(7)2;4*1-8(2,3)7-9(4,5)6/h3-6H,1-2H3;4*(H2,1,2,3)(H2,4,5,6). The van der Waals surface area contributed by atoms with E-state index in [9.17, 15) is 36.5 Å². The summed E-state index contributed by atoms with van der Waals surface area (Å²) in [6, 6.07) is 8.36. The van der Waals surface area contributed by atoms with E-state index < -0.39 is 62.6 Å². The topological polar surface area (TPSA) is 497 Å². The van der Waals surface area contributed by atoms with Crippen molar-refractivity contribution in [3.05, 3.63) is 35.4 Å². The van der Waals surface area contributed by atoms with Gasteiger partial charge >= 0.3 is 62.6 Å². The molecule has 1 rings (SSSR count). The fourth-order valence-corrected chi connectivity index (χ4v) is 5.65. The lowest BCUT2D eigenvalue weighted by Crippen LogP contribution is -1.84. The summed E-state index contributed by atoms with van der Waals surface area (Å²) in [4.78, 5) is 124. The first-order valence-electron chi connectivity index (χ1n) is 8.95. The minimum Gasteiger partial charge on any atom is -0.302 e. The molecular weight excluding hydrogens is 792 g/mol. The van der Waals surface area contributed by atoms with Crippen molar-refractivity contribution in [2.24, 2.45) is 0 Å². The summed E-state index contributed by atoms with van der Waals surface area (Å²) in [6.45, 7) is 4.24. The summed E-state index contributed by atoms with van der Waals surface area (Å²) in [7, 11) is -40.4. The van der Waals surface area contributed by atoms with Crippen LogP contribution in [-0.4, -0.2) is 78.3 Å². The number of benzene rings is 1. The first-order valence-corrected chi connectivity index (χ1v) is 21.2. The van der Waals surface area contributed by atoms with Crippen LogP contribution >= 0.6 is 62.6 Å². The molecule has 0 unspecified atom stereocenters. The Labute approximate surface area is 244 Å². The molecule has 0 atom stereocenters. The fourth-order valence-electron chi connectivity index (χ4n) is 1.22. The Hall–Kier alpha value is 0.260. The van der Waals surface area contributed by atoms with Crippen molar-refractivity contribution in [3.8, 4) is 0 Å². The van der Waals surface area contributed by atoms with Gasteiger partial charge in [0.15, 0.2) is 0 Å². The van der Waals surface area contributed by atoms with Crippen molar-refractivity contribution in [2.45, 2.75) is 13.8 Å². The van der Waals surface area contributed by atoms with Crippen molar-refractivity contribution >= 4 is 62.6 Å². The Morgan fingerprint density at radius 3 is 0.500 bits per heavy atom. The van der Waals surface area contributed by atoms with Crippen LogP contribution in [0.3, 0.4) is 0 Å². The van der Waals surface area contributed by atoms with Gasteiger partial charge in [0, 0.05) is 0 Å². The van der Waals surface area contributed by atoms with E-state index in [-0.39, 0.29) is 0 Å². The van der Waals surface area contributed by atoms with Gasteiger partial charge in [0.2, 0.25) is 0 Å². The summed E-state index contributed by atoms with van der Waals surface area (Å²) in [5.41, 5.74) is 2.74. The third kappa shape index (κ3) is 57.9. The third-order valence-corrected chi connectivity index (χ3v) is 9.08.